The standard InChI is InChI=1S/C9H16O6/c1-4-9(2,3)15-14-6(8(12)13)5-7(10)11/h6H,4-5H2,1-3H3,(H,10,11)(H,12,13). The third kappa shape index (κ3) is 6.03. The summed E-state index contributed by atoms with van der Waals surface area (Å²) in [5, 5.41) is 17.0. The van der Waals surface area contributed by atoms with Crippen molar-refractivity contribution in [1.29, 1.82) is 0 Å². The molecule has 0 fully saturated rings. The van der Waals surface area contributed by atoms with E-state index in [0.717, 1.165) is 0 Å². The van der Waals surface area contributed by atoms with E-state index in [1.165, 1.54) is 0 Å². The molecule has 88 valence electrons. The van der Waals surface area contributed by atoms with Crippen molar-refractivity contribution in [2.45, 2.75) is 45.3 Å². The molecule has 0 saturated heterocycles. The highest BCUT2D eigenvalue weighted by Gasteiger charge is 2.26. The molecule has 15 heavy (non-hydrogen) atoms. The lowest BCUT2D eigenvalue weighted by Gasteiger charge is -2.23. The number of hydrogen-bond acceptors (Lipinski definition) is 4. The molecule has 0 aromatic rings. The molecule has 0 heterocycles. The fraction of sp³-hybridized carbons (Fsp3) is 0.778. The van der Waals surface area contributed by atoms with Gasteiger partial charge in [-0.05, 0) is 20.3 Å². The summed E-state index contributed by atoms with van der Waals surface area (Å²) in [5.74, 6) is -2.61. The summed E-state index contributed by atoms with van der Waals surface area (Å²) in [6, 6.07) is 0. The van der Waals surface area contributed by atoms with Gasteiger partial charge in [0.2, 0.25) is 0 Å². The average Bonchev–Trinajstić information content (AvgIpc) is 2.11. The summed E-state index contributed by atoms with van der Waals surface area (Å²) in [6.45, 7) is 5.27. The maximum Gasteiger partial charge on any atom is 0.336 e. The molecule has 0 aliphatic rings. The van der Waals surface area contributed by atoms with Crippen LogP contribution in [-0.2, 0) is 19.4 Å². The van der Waals surface area contributed by atoms with E-state index in [-0.39, 0.29) is 0 Å². The van der Waals surface area contributed by atoms with E-state index >= 15 is 0 Å². The van der Waals surface area contributed by atoms with Crippen molar-refractivity contribution in [3.8, 4) is 0 Å². The number of hydrogen-bond donors (Lipinski definition) is 2. The Kier molecular flexibility index (Phi) is 5.24. The van der Waals surface area contributed by atoms with Crippen LogP contribution in [0.3, 0.4) is 0 Å². The largest absolute Gasteiger partial charge is 0.481 e. The highest BCUT2D eigenvalue weighted by molar-refractivity contribution is 5.79. The monoisotopic (exact) mass is 220 g/mol. The van der Waals surface area contributed by atoms with E-state index in [1.807, 2.05) is 6.92 Å². The molecule has 0 aliphatic carbocycles. The fourth-order valence-electron chi connectivity index (χ4n) is 0.568. The van der Waals surface area contributed by atoms with Crippen LogP contribution in [0, 0.1) is 0 Å². The predicted molar refractivity (Wildman–Crippen MR) is 50.2 cm³/mol. The second-order valence-corrected chi connectivity index (χ2v) is 3.72. The third-order valence-electron chi connectivity index (χ3n) is 1.88. The maximum absolute atomic E-state index is 10.6. The molecule has 0 aromatic heterocycles. The fourth-order valence-corrected chi connectivity index (χ4v) is 0.568. The van der Waals surface area contributed by atoms with Crippen molar-refractivity contribution in [2.75, 3.05) is 0 Å². The van der Waals surface area contributed by atoms with Gasteiger partial charge in [-0.2, -0.15) is 0 Å². The molecule has 6 nitrogen and oxygen atoms in total. The first kappa shape index (κ1) is 13.9. The Morgan fingerprint density at radius 1 is 1.33 bits per heavy atom. The van der Waals surface area contributed by atoms with Crippen LogP contribution >= 0.6 is 0 Å². The molecule has 0 spiro atoms. The lowest BCUT2D eigenvalue weighted by Crippen LogP contribution is -2.32. The molecule has 1 unspecified atom stereocenters. The normalized spacial score (nSPS) is 13.5. The molecular weight excluding hydrogens is 204 g/mol. The Bertz CT molecular complexity index is 235. The van der Waals surface area contributed by atoms with E-state index < -0.39 is 30.1 Å². The molecular formula is C9H16O6. The summed E-state index contributed by atoms with van der Waals surface area (Å²) >= 11 is 0. The number of carboxylic acids is 2. The Morgan fingerprint density at radius 2 is 1.87 bits per heavy atom. The Labute approximate surface area is 87.7 Å². The van der Waals surface area contributed by atoms with E-state index in [0.29, 0.717) is 6.42 Å². The first-order chi connectivity index (χ1) is 6.78. The third-order valence-corrected chi connectivity index (χ3v) is 1.88. The average molecular weight is 220 g/mol. The van der Waals surface area contributed by atoms with Crippen LogP contribution in [0.1, 0.15) is 33.6 Å². The van der Waals surface area contributed by atoms with Gasteiger partial charge in [0.25, 0.3) is 0 Å². The van der Waals surface area contributed by atoms with Crippen LogP contribution < -0.4 is 0 Å². The quantitative estimate of drug-likeness (QED) is 0.492. The SMILES string of the molecule is CCC(C)(C)OOC(CC(=O)O)C(=O)O. The highest BCUT2D eigenvalue weighted by Crippen LogP contribution is 2.15. The van der Waals surface area contributed by atoms with Crippen LogP contribution in [-0.4, -0.2) is 33.9 Å². The molecule has 0 radical (unpaired) electrons. The van der Waals surface area contributed by atoms with Crippen molar-refractivity contribution < 1.29 is 29.6 Å². The molecule has 0 aromatic carbocycles. The highest BCUT2D eigenvalue weighted by atomic mass is 17.2. The van der Waals surface area contributed by atoms with E-state index in [9.17, 15) is 9.59 Å². The van der Waals surface area contributed by atoms with Gasteiger partial charge in [-0.25, -0.2) is 14.6 Å². The number of rotatable bonds is 7. The van der Waals surface area contributed by atoms with Crippen molar-refractivity contribution >= 4 is 11.9 Å². The van der Waals surface area contributed by atoms with Crippen LogP contribution in [0.5, 0.6) is 0 Å². The van der Waals surface area contributed by atoms with Crippen molar-refractivity contribution in [2.24, 2.45) is 0 Å². The zero-order valence-corrected chi connectivity index (χ0v) is 9.02. The Balaban J connectivity index is 4.19. The van der Waals surface area contributed by atoms with E-state index in [2.05, 4.69) is 4.89 Å². The minimum Gasteiger partial charge on any atom is -0.481 e. The Morgan fingerprint density at radius 3 is 2.20 bits per heavy atom. The van der Waals surface area contributed by atoms with E-state index in [1.54, 1.807) is 13.8 Å². The van der Waals surface area contributed by atoms with Crippen LogP contribution in [0.4, 0.5) is 0 Å². The van der Waals surface area contributed by atoms with Gasteiger partial charge in [0.15, 0.2) is 6.10 Å². The van der Waals surface area contributed by atoms with Gasteiger partial charge >= 0.3 is 11.9 Å². The van der Waals surface area contributed by atoms with Crippen molar-refractivity contribution in [1.82, 2.24) is 0 Å². The summed E-state index contributed by atoms with van der Waals surface area (Å²) < 4.78 is 0. The molecule has 6 heteroatoms. The minimum absolute atomic E-state index is 0.617. The second-order valence-electron chi connectivity index (χ2n) is 3.72. The summed E-state index contributed by atoms with van der Waals surface area (Å²) in [7, 11) is 0. The molecule has 1 atom stereocenters. The zero-order valence-electron chi connectivity index (χ0n) is 9.02. The van der Waals surface area contributed by atoms with Gasteiger partial charge in [0, 0.05) is 0 Å². The lowest BCUT2D eigenvalue weighted by molar-refractivity contribution is -0.372. The van der Waals surface area contributed by atoms with Crippen molar-refractivity contribution in [3.63, 3.8) is 0 Å². The predicted octanol–water partition coefficient (Wildman–Crippen LogP) is 1.05. The van der Waals surface area contributed by atoms with Gasteiger partial charge < -0.3 is 10.2 Å². The smallest absolute Gasteiger partial charge is 0.336 e. The molecule has 0 rings (SSSR count). The Hall–Kier alpha value is -1.14. The molecule has 0 bridgehead atoms. The second kappa shape index (κ2) is 5.67. The topological polar surface area (TPSA) is 93.1 Å². The maximum atomic E-state index is 10.6. The van der Waals surface area contributed by atoms with Crippen LogP contribution in [0.15, 0.2) is 0 Å². The molecule has 0 aliphatic heterocycles. The molecule has 2 N–H and O–H groups in total. The summed E-state index contributed by atoms with van der Waals surface area (Å²) in [6.07, 6.45) is -1.49. The summed E-state index contributed by atoms with van der Waals surface area (Å²) in [5.41, 5.74) is -0.633. The van der Waals surface area contributed by atoms with Gasteiger partial charge in [-0.3, -0.25) is 4.79 Å². The minimum atomic E-state index is -1.48. The van der Waals surface area contributed by atoms with Gasteiger partial charge in [-0.15, -0.1) is 0 Å². The number of carboxylic acid groups (broad SMARTS) is 2. The van der Waals surface area contributed by atoms with Crippen molar-refractivity contribution in [3.05, 3.63) is 0 Å². The van der Waals surface area contributed by atoms with Crippen LogP contribution in [0.2, 0.25) is 0 Å². The van der Waals surface area contributed by atoms with Gasteiger partial charge in [0.1, 0.15) is 0 Å². The lowest BCUT2D eigenvalue weighted by atomic mass is 10.1. The van der Waals surface area contributed by atoms with E-state index in [4.69, 9.17) is 15.1 Å². The van der Waals surface area contributed by atoms with Gasteiger partial charge in [-0.1, -0.05) is 6.92 Å². The molecule has 0 amide bonds. The molecule has 0 saturated carbocycles. The number of aliphatic carboxylic acids is 2. The zero-order chi connectivity index (χ0) is 12.1. The van der Waals surface area contributed by atoms with Crippen LogP contribution in [0.25, 0.3) is 0 Å². The first-order valence-electron chi connectivity index (χ1n) is 4.57. The summed E-state index contributed by atoms with van der Waals surface area (Å²) in [4.78, 5) is 30.3. The number of carbonyl (C=O) groups is 2. The first-order valence-corrected chi connectivity index (χ1v) is 4.57. The van der Waals surface area contributed by atoms with Gasteiger partial charge in [0.05, 0.1) is 12.0 Å².